The molecule has 7 heteroatoms. The number of amides is 2. The molecular weight excluding hydrogens is 360 g/mol. The molecule has 146 valence electrons. The lowest BCUT2D eigenvalue weighted by Crippen LogP contribution is -2.49. The third kappa shape index (κ3) is 3.35. The molecule has 2 aliphatic rings. The van der Waals surface area contributed by atoms with Crippen LogP contribution in [0.2, 0.25) is 0 Å². The summed E-state index contributed by atoms with van der Waals surface area (Å²) in [6.45, 7) is 4.77. The highest BCUT2D eigenvalue weighted by atomic mass is 16.7. The van der Waals surface area contributed by atoms with E-state index in [1.54, 1.807) is 24.0 Å². The van der Waals surface area contributed by atoms with E-state index in [0.29, 0.717) is 36.0 Å². The van der Waals surface area contributed by atoms with Gasteiger partial charge in [-0.25, -0.2) is 0 Å². The van der Waals surface area contributed by atoms with Gasteiger partial charge in [-0.15, -0.1) is 0 Å². The Bertz CT molecular complexity index is 913. The maximum atomic E-state index is 13.0. The molecule has 7 nitrogen and oxygen atoms in total. The average Bonchev–Trinajstić information content (AvgIpc) is 3.17. The number of rotatable bonds is 5. The zero-order valence-electron chi connectivity index (χ0n) is 15.9. The van der Waals surface area contributed by atoms with Gasteiger partial charge in [0.25, 0.3) is 5.91 Å². The summed E-state index contributed by atoms with van der Waals surface area (Å²) in [6, 6.07) is 12.9. The van der Waals surface area contributed by atoms with Gasteiger partial charge in [0.2, 0.25) is 12.7 Å². The van der Waals surface area contributed by atoms with Crippen LogP contribution in [-0.2, 0) is 16.1 Å². The number of nitrogens with zero attached hydrogens (tertiary/aromatic N) is 2. The van der Waals surface area contributed by atoms with Crippen molar-refractivity contribution in [3.05, 3.63) is 48.0 Å². The van der Waals surface area contributed by atoms with Gasteiger partial charge >= 0.3 is 0 Å². The quantitative estimate of drug-likeness (QED) is 0.795. The standard InChI is InChI=1S/C21H22N2O5/c1-3-22(11-15-8-9-18-19(10-15)27-13-26-18)20(24)12-23-16-6-4-5-7-17(16)28-14(2)21(23)25/h4-10,14H,3,11-13H2,1-2H3/t14-/m1/s1. The molecule has 0 spiro atoms. The minimum absolute atomic E-state index is 0.0259. The van der Waals surface area contributed by atoms with Crippen molar-refractivity contribution in [2.75, 3.05) is 24.8 Å². The Labute approximate surface area is 163 Å². The number of likely N-dealkylation sites (N-methyl/N-ethyl adjacent to an activating group) is 1. The van der Waals surface area contributed by atoms with Crippen LogP contribution < -0.4 is 19.1 Å². The van der Waals surface area contributed by atoms with Gasteiger partial charge in [-0.1, -0.05) is 18.2 Å². The van der Waals surface area contributed by atoms with Crippen LogP contribution in [0.4, 0.5) is 5.69 Å². The molecule has 2 aromatic carbocycles. The van der Waals surface area contributed by atoms with Crippen molar-refractivity contribution < 1.29 is 23.8 Å². The molecule has 0 unspecified atom stereocenters. The highest BCUT2D eigenvalue weighted by molar-refractivity contribution is 6.03. The Morgan fingerprint density at radius 1 is 1.14 bits per heavy atom. The minimum Gasteiger partial charge on any atom is -0.479 e. The van der Waals surface area contributed by atoms with E-state index in [2.05, 4.69) is 0 Å². The summed E-state index contributed by atoms with van der Waals surface area (Å²) in [5.41, 5.74) is 1.57. The van der Waals surface area contributed by atoms with E-state index in [9.17, 15) is 9.59 Å². The Balaban J connectivity index is 1.51. The lowest BCUT2D eigenvalue weighted by Gasteiger charge is -2.34. The summed E-state index contributed by atoms with van der Waals surface area (Å²) in [7, 11) is 0. The smallest absolute Gasteiger partial charge is 0.268 e. The van der Waals surface area contributed by atoms with E-state index in [0.717, 1.165) is 5.56 Å². The Kier molecular flexibility index (Phi) is 4.81. The van der Waals surface area contributed by atoms with E-state index in [1.807, 2.05) is 37.3 Å². The molecule has 0 saturated heterocycles. The van der Waals surface area contributed by atoms with Crippen LogP contribution >= 0.6 is 0 Å². The molecular formula is C21H22N2O5. The van der Waals surface area contributed by atoms with E-state index >= 15 is 0 Å². The lowest BCUT2D eigenvalue weighted by molar-refractivity contribution is -0.133. The molecule has 0 aliphatic carbocycles. The second-order valence-electron chi connectivity index (χ2n) is 6.75. The Morgan fingerprint density at radius 2 is 1.93 bits per heavy atom. The fourth-order valence-corrected chi connectivity index (χ4v) is 3.39. The van der Waals surface area contributed by atoms with Gasteiger partial charge in [-0.2, -0.15) is 0 Å². The Morgan fingerprint density at radius 3 is 2.75 bits per heavy atom. The van der Waals surface area contributed by atoms with Gasteiger partial charge in [0.05, 0.1) is 5.69 Å². The number of hydrogen-bond donors (Lipinski definition) is 0. The summed E-state index contributed by atoms with van der Waals surface area (Å²) in [5.74, 6) is 1.67. The first-order valence-electron chi connectivity index (χ1n) is 9.30. The summed E-state index contributed by atoms with van der Waals surface area (Å²) in [5, 5.41) is 0. The van der Waals surface area contributed by atoms with Crippen LogP contribution in [0.1, 0.15) is 19.4 Å². The van der Waals surface area contributed by atoms with Crippen LogP contribution in [0.5, 0.6) is 17.2 Å². The average molecular weight is 382 g/mol. The van der Waals surface area contributed by atoms with Crippen LogP contribution in [0.15, 0.2) is 42.5 Å². The van der Waals surface area contributed by atoms with E-state index in [-0.39, 0.29) is 25.2 Å². The van der Waals surface area contributed by atoms with Crippen LogP contribution in [0.25, 0.3) is 0 Å². The number of anilines is 1. The van der Waals surface area contributed by atoms with Crippen LogP contribution in [0.3, 0.4) is 0 Å². The van der Waals surface area contributed by atoms with Gasteiger partial charge in [0.15, 0.2) is 17.6 Å². The lowest BCUT2D eigenvalue weighted by atomic mass is 10.1. The molecule has 0 saturated carbocycles. The zero-order valence-corrected chi connectivity index (χ0v) is 15.9. The molecule has 2 heterocycles. The Hall–Kier alpha value is -3.22. The maximum Gasteiger partial charge on any atom is 0.268 e. The summed E-state index contributed by atoms with van der Waals surface area (Å²) in [4.78, 5) is 28.8. The maximum absolute atomic E-state index is 13.0. The summed E-state index contributed by atoms with van der Waals surface area (Å²) < 4.78 is 16.4. The molecule has 2 amide bonds. The molecule has 1 atom stereocenters. The molecule has 4 rings (SSSR count). The van der Waals surface area contributed by atoms with Crippen LogP contribution in [0, 0.1) is 0 Å². The van der Waals surface area contributed by atoms with Crippen molar-refractivity contribution in [3.63, 3.8) is 0 Å². The first-order valence-corrected chi connectivity index (χ1v) is 9.30. The van der Waals surface area contributed by atoms with Gasteiger partial charge < -0.3 is 19.1 Å². The highest BCUT2D eigenvalue weighted by Gasteiger charge is 2.33. The van der Waals surface area contributed by atoms with Gasteiger partial charge in [-0.05, 0) is 43.7 Å². The largest absolute Gasteiger partial charge is 0.479 e. The monoisotopic (exact) mass is 382 g/mol. The fourth-order valence-electron chi connectivity index (χ4n) is 3.39. The zero-order chi connectivity index (χ0) is 19.7. The molecule has 28 heavy (non-hydrogen) atoms. The van der Waals surface area contributed by atoms with Crippen molar-refractivity contribution in [2.45, 2.75) is 26.5 Å². The molecule has 2 aliphatic heterocycles. The summed E-state index contributed by atoms with van der Waals surface area (Å²) in [6.07, 6.45) is -0.619. The topological polar surface area (TPSA) is 68.3 Å². The van der Waals surface area contributed by atoms with Gasteiger partial charge in [0.1, 0.15) is 12.3 Å². The number of ether oxygens (including phenoxy) is 3. The fraction of sp³-hybridized carbons (Fsp3) is 0.333. The molecule has 0 N–H and O–H groups in total. The van der Waals surface area contributed by atoms with Crippen LogP contribution in [-0.4, -0.2) is 42.7 Å². The molecule has 0 aromatic heterocycles. The van der Waals surface area contributed by atoms with Crippen molar-refractivity contribution in [1.29, 1.82) is 0 Å². The number of fused-ring (bicyclic) bond motifs is 2. The highest BCUT2D eigenvalue weighted by Crippen LogP contribution is 2.34. The molecule has 2 aromatic rings. The molecule has 0 fully saturated rings. The summed E-state index contributed by atoms with van der Waals surface area (Å²) >= 11 is 0. The molecule has 0 bridgehead atoms. The third-order valence-electron chi connectivity index (χ3n) is 4.91. The van der Waals surface area contributed by atoms with Crippen molar-refractivity contribution in [1.82, 2.24) is 4.90 Å². The second kappa shape index (κ2) is 7.42. The predicted octanol–water partition coefficient (Wildman–Crippen LogP) is 2.58. The SMILES string of the molecule is CCN(Cc1ccc2c(c1)OCO2)C(=O)CN1C(=O)[C@@H](C)Oc2ccccc21. The first-order chi connectivity index (χ1) is 13.6. The van der Waals surface area contributed by atoms with E-state index in [1.165, 1.54) is 4.90 Å². The van der Waals surface area contributed by atoms with E-state index in [4.69, 9.17) is 14.2 Å². The first kappa shape index (κ1) is 18.2. The van der Waals surface area contributed by atoms with Gasteiger partial charge in [-0.3, -0.25) is 14.5 Å². The van der Waals surface area contributed by atoms with Crippen molar-refractivity contribution in [2.24, 2.45) is 0 Å². The molecule has 0 radical (unpaired) electrons. The number of para-hydroxylation sites is 2. The predicted molar refractivity (Wildman–Crippen MR) is 103 cm³/mol. The normalized spacial score (nSPS) is 17.1. The minimum atomic E-state index is -0.619. The van der Waals surface area contributed by atoms with Gasteiger partial charge in [0, 0.05) is 13.1 Å². The number of benzene rings is 2. The number of hydrogen-bond acceptors (Lipinski definition) is 5. The second-order valence-corrected chi connectivity index (χ2v) is 6.75. The van der Waals surface area contributed by atoms with Crippen molar-refractivity contribution >= 4 is 17.5 Å². The number of carbonyl (C=O) groups is 2. The van der Waals surface area contributed by atoms with Crippen molar-refractivity contribution in [3.8, 4) is 17.2 Å². The third-order valence-corrected chi connectivity index (χ3v) is 4.91. The number of carbonyl (C=O) groups excluding carboxylic acids is 2. The van der Waals surface area contributed by atoms with E-state index < -0.39 is 6.10 Å².